The second kappa shape index (κ2) is 7.61. The van der Waals surface area contributed by atoms with E-state index in [1.165, 1.54) is 0 Å². The predicted octanol–water partition coefficient (Wildman–Crippen LogP) is 2.28. The molecule has 7 heteroatoms. The third kappa shape index (κ3) is 5.19. The molecule has 1 fully saturated rings. The van der Waals surface area contributed by atoms with Gasteiger partial charge in [0.15, 0.2) is 0 Å². The topological polar surface area (TPSA) is 88.8 Å². The SMILES string of the molecule is COc1ccc(N2CCCC(NNC(=O)OC(C)(C)C)C2)c(N)c1. The summed E-state index contributed by atoms with van der Waals surface area (Å²) in [7, 11) is 1.62. The van der Waals surface area contributed by atoms with Crippen molar-refractivity contribution >= 4 is 17.5 Å². The van der Waals surface area contributed by atoms with Crippen LogP contribution in [0.15, 0.2) is 18.2 Å². The Morgan fingerprint density at radius 3 is 2.75 bits per heavy atom. The molecule has 24 heavy (non-hydrogen) atoms. The number of nitrogens with two attached hydrogens (primary N) is 1. The van der Waals surface area contributed by atoms with E-state index in [0.717, 1.165) is 37.4 Å². The van der Waals surface area contributed by atoms with Gasteiger partial charge in [-0.3, -0.25) is 5.43 Å². The van der Waals surface area contributed by atoms with Crippen molar-refractivity contribution in [3.63, 3.8) is 0 Å². The van der Waals surface area contributed by atoms with Crippen molar-refractivity contribution in [1.29, 1.82) is 0 Å². The molecule has 1 atom stereocenters. The molecule has 1 unspecified atom stereocenters. The van der Waals surface area contributed by atoms with Gasteiger partial charge in [-0.15, -0.1) is 0 Å². The number of hydrazine groups is 1. The zero-order chi connectivity index (χ0) is 17.7. The van der Waals surface area contributed by atoms with Crippen molar-refractivity contribution in [2.24, 2.45) is 0 Å². The first-order valence-electron chi connectivity index (χ1n) is 8.21. The fraction of sp³-hybridized carbons (Fsp3) is 0.588. The summed E-state index contributed by atoms with van der Waals surface area (Å²) in [4.78, 5) is 13.9. The standard InChI is InChI=1S/C17H28N4O3/c1-17(2,3)24-16(22)20-19-12-6-5-9-21(11-12)15-8-7-13(23-4)10-14(15)18/h7-8,10,12,19H,5-6,9,11,18H2,1-4H3,(H,20,22). The molecule has 0 aromatic heterocycles. The lowest BCUT2D eigenvalue weighted by Crippen LogP contribution is -2.53. The van der Waals surface area contributed by atoms with E-state index in [0.29, 0.717) is 5.69 Å². The minimum Gasteiger partial charge on any atom is -0.497 e. The molecule has 0 aliphatic carbocycles. The normalized spacial score (nSPS) is 18.2. The molecule has 0 bridgehead atoms. The monoisotopic (exact) mass is 336 g/mol. The largest absolute Gasteiger partial charge is 0.497 e. The molecule has 0 spiro atoms. The van der Waals surface area contributed by atoms with Crippen molar-refractivity contribution in [2.45, 2.75) is 45.3 Å². The fourth-order valence-corrected chi connectivity index (χ4v) is 2.73. The highest BCUT2D eigenvalue weighted by molar-refractivity contribution is 5.70. The third-order valence-electron chi connectivity index (χ3n) is 3.77. The van der Waals surface area contributed by atoms with Crippen LogP contribution in [0.1, 0.15) is 33.6 Å². The number of hydrogen-bond donors (Lipinski definition) is 3. The minimum absolute atomic E-state index is 0.132. The van der Waals surface area contributed by atoms with Crippen LogP contribution in [0.3, 0.4) is 0 Å². The summed E-state index contributed by atoms with van der Waals surface area (Å²) < 4.78 is 10.4. The number of amides is 1. The lowest BCUT2D eigenvalue weighted by molar-refractivity contribution is 0.0485. The number of carbonyl (C=O) groups is 1. The lowest BCUT2D eigenvalue weighted by Gasteiger charge is -2.35. The molecule has 0 saturated carbocycles. The fourth-order valence-electron chi connectivity index (χ4n) is 2.73. The van der Waals surface area contributed by atoms with Crippen LogP contribution in [-0.2, 0) is 4.74 Å². The van der Waals surface area contributed by atoms with E-state index in [-0.39, 0.29) is 6.04 Å². The quantitative estimate of drug-likeness (QED) is 0.577. The van der Waals surface area contributed by atoms with Gasteiger partial charge in [-0.2, -0.15) is 0 Å². The van der Waals surface area contributed by atoms with E-state index in [4.69, 9.17) is 15.2 Å². The van der Waals surface area contributed by atoms with E-state index in [2.05, 4.69) is 15.8 Å². The highest BCUT2D eigenvalue weighted by Gasteiger charge is 2.23. The van der Waals surface area contributed by atoms with E-state index in [1.807, 2.05) is 39.0 Å². The molecular formula is C17H28N4O3. The number of carbonyl (C=O) groups excluding carboxylic acids is 1. The average molecular weight is 336 g/mol. The van der Waals surface area contributed by atoms with Crippen LogP contribution >= 0.6 is 0 Å². The summed E-state index contributed by atoms with van der Waals surface area (Å²) in [6, 6.07) is 5.83. The molecular weight excluding hydrogens is 308 g/mol. The Bertz CT molecular complexity index is 571. The van der Waals surface area contributed by atoms with Crippen molar-refractivity contribution in [1.82, 2.24) is 10.9 Å². The van der Waals surface area contributed by atoms with Crippen LogP contribution in [0.4, 0.5) is 16.2 Å². The number of ether oxygens (including phenoxy) is 2. The molecule has 134 valence electrons. The van der Waals surface area contributed by atoms with Crippen molar-refractivity contribution in [3.8, 4) is 5.75 Å². The Labute approximate surface area is 143 Å². The summed E-state index contributed by atoms with van der Waals surface area (Å²) in [5, 5.41) is 0. The van der Waals surface area contributed by atoms with Crippen LogP contribution in [0.25, 0.3) is 0 Å². The number of hydrogen-bond acceptors (Lipinski definition) is 6. The maximum Gasteiger partial charge on any atom is 0.422 e. The summed E-state index contributed by atoms with van der Waals surface area (Å²) >= 11 is 0. The number of benzene rings is 1. The number of piperidine rings is 1. The number of methoxy groups -OCH3 is 1. The summed E-state index contributed by atoms with van der Waals surface area (Å²) in [6.07, 6.45) is 1.52. The first kappa shape index (κ1) is 18.2. The Balaban J connectivity index is 1.91. The van der Waals surface area contributed by atoms with Crippen LogP contribution < -0.4 is 26.2 Å². The Kier molecular flexibility index (Phi) is 5.77. The molecule has 1 amide bonds. The molecule has 4 N–H and O–H groups in total. The van der Waals surface area contributed by atoms with Gasteiger partial charge in [0.1, 0.15) is 11.4 Å². The molecule has 1 aromatic rings. The van der Waals surface area contributed by atoms with Gasteiger partial charge < -0.3 is 20.1 Å². The van der Waals surface area contributed by atoms with Crippen LogP contribution in [0.2, 0.25) is 0 Å². The van der Waals surface area contributed by atoms with E-state index < -0.39 is 11.7 Å². The van der Waals surface area contributed by atoms with Gasteiger partial charge in [-0.05, 0) is 45.7 Å². The second-order valence-corrected chi connectivity index (χ2v) is 6.98. The van der Waals surface area contributed by atoms with Crippen molar-refractivity contribution in [2.75, 3.05) is 30.8 Å². The molecule has 1 aromatic carbocycles. The van der Waals surface area contributed by atoms with Crippen molar-refractivity contribution in [3.05, 3.63) is 18.2 Å². The van der Waals surface area contributed by atoms with Gasteiger partial charge in [0.05, 0.1) is 18.5 Å². The number of anilines is 2. The molecule has 1 saturated heterocycles. The molecule has 2 rings (SSSR count). The molecule has 0 radical (unpaired) electrons. The van der Waals surface area contributed by atoms with Gasteiger partial charge in [-0.25, -0.2) is 10.2 Å². The third-order valence-corrected chi connectivity index (χ3v) is 3.77. The average Bonchev–Trinajstić information content (AvgIpc) is 2.51. The molecule has 7 nitrogen and oxygen atoms in total. The Hall–Kier alpha value is -2.15. The Morgan fingerprint density at radius 2 is 2.12 bits per heavy atom. The smallest absolute Gasteiger partial charge is 0.422 e. The van der Waals surface area contributed by atoms with E-state index in [9.17, 15) is 4.79 Å². The summed E-state index contributed by atoms with van der Waals surface area (Å²) in [5.41, 5.74) is 13.0. The minimum atomic E-state index is -0.512. The summed E-state index contributed by atoms with van der Waals surface area (Å²) in [5.74, 6) is 0.745. The number of nitrogen functional groups attached to an aromatic ring is 1. The highest BCUT2D eigenvalue weighted by Crippen LogP contribution is 2.29. The molecule has 1 heterocycles. The van der Waals surface area contributed by atoms with Gasteiger partial charge in [-0.1, -0.05) is 0 Å². The van der Waals surface area contributed by atoms with Crippen LogP contribution in [0, 0.1) is 0 Å². The summed E-state index contributed by atoms with van der Waals surface area (Å²) in [6.45, 7) is 7.19. The van der Waals surface area contributed by atoms with Crippen LogP contribution in [-0.4, -0.2) is 37.9 Å². The second-order valence-electron chi connectivity index (χ2n) is 6.98. The van der Waals surface area contributed by atoms with E-state index in [1.54, 1.807) is 7.11 Å². The zero-order valence-corrected chi connectivity index (χ0v) is 14.9. The van der Waals surface area contributed by atoms with Crippen LogP contribution in [0.5, 0.6) is 5.75 Å². The number of rotatable bonds is 4. The molecule has 1 aliphatic heterocycles. The van der Waals surface area contributed by atoms with Gasteiger partial charge in [0.25, 0.3) is 0 Å². The highest BCUT2D eigenvalue weighted by atomic mass is 16.6. The van der Waals surface area contributed by atoms with Gasteiger partial charge >= 0.3 is 6.09 Å². The number of nitrogens with zero attached hydrogens (tertiary/aromatic N) is 1. The van der Waals surface area contributed by atoms with Crippen molar-refractivity contribution < 1.29 is 14.3 Å². The van der Waals surface area contributed by atoms with Gasteiger partial charge in [0.2, 0.25) is 0 Å². The zero-order valence-electron chi connectivity index (χ0n) is 14.9. The lowest BCUT2D eigenvalue weighted by atomic mass is 10.1. The van der Waals surface area contributed by atoms with Gasteiger partial charge in [0, 0.05) is 25.2 Å². The Morgan fingerprint density at radius 1 is 1.38 bits per heavy atom. The first-order chi connectivity index (χ1) is 11.3. The van der Waals surface area contributed by atoms with E-state index >= 15 is 0 Å². The maximum atomic E-state index is 11.7. The maximum absolute atomic E-state index is 11.7. The number of nitrogens with one attached hydrogen (secondary N) is 2. The predicted molar refractivity (Wildman–Crippen MR) is 95.1 cm³/mol. The first-order valence-corrected chi connectivity index (χ1v) is 8.21. The molecule has 1 aliphatic rings.